The molecule has 0 unspecified atom stereocenters. The minimum atomic E-state index is 0.165. The number of oxazole rings is 1. The van der Waals surface area contributed by atoms with Gasteiger partial charge in [0.15, 0.2) is 5.89 Å². The Labute approximate surface area is 110 Å². The molecule has 0 radical (unpaired) electrons. The first-order valence-corrected chi connectivity index (χ1v) is 7.24. The Bertz CT molecular complexity index is 359. The molecule has 0 bridgehead atoms. The van der Waals surface area contributed by atoms with E-state index in [0.717, 1.165) is 24.6 Å². The molecule has 0 aliphatic heterocycles. The fourth-order valence-corrected chi connectivity index (χ4v) is 2.56. The first-order chi connectivity index (χ1) is 8.54. The van der Waals surface area contributed by atoms with E-state index >= 15 is 0 Å². The second-order valence-electron chi connectivity index (χ2n) is 6.42. The molecule has 1 aliphatic rings. The third kappa shape index (κ3) is 4.13. The molecular formula is C15H26N2O. The zero-order chi connectivity index (χ0) is 13.0. The van der Waals surface area contributed by atoms with Crippen molar-refractivity contribution in [1.29, 1.82) is 0 Å². The predicted molar refractivity (Wildman–Crippen MR) is 73.8 cm³/mol. The van der Waals surface area contributed by atoms with Crippen LogP contribution in [-0.4, -0.2) is 17.1 Å². The topological polar surface area (TPSA) is 38.1 Å². The van der Waals surface area contributed by atoms with Gasteiger partial charge in [-0.1, -0.05) is 19.3 Å². The molecule has 0 aromatic carbocycles. The Morgan fingerprint density at radius 2 is 2.00 bits per heavy atom. The maximum atomic E-state index is 5.89. The molecule has 102 valence electrons. The van der Waals surface area contributed by atoms with Crippen LogP contribution >= 0.6 is 0 Å². The predicted octanol–water partition coefficient (Wildman–Crippen LogP) is 3.65. The first-order valence-electron chi connectivity index (χ1n) is 7.24. The third-order valence-corrected chi connectivity index (χ3v) is 3.57. The van der Waals surface area contributed by atoms with Gasteiger partial charge in [0.05, 0.1) is 6.20 Å². The smallest absolute Gasteiger partial charge is 0.195 e. The quantitative estimate of drug-likeness (QED) is 0.886. The number of nitrogens with zero attached hydrogens (tertiary/aromatic N) is 1. The fraction of sp³-hybridized carbons (Fsp3) is 0.800. The van der Waals surface area contributed by atoms with Gasteiger partial charge in [-0.2, -0.15) is 0 Å². The molecular weight excluding hydrogens is 224 g/mol. The highest BCUT2D eigenvalue weighted by molar-refractivity contribution is 5.03. The van der Waals surface area contributed by atoms with E-state index in [1.807, 2.05) is 6.20 Å². The Hall–Kier alpha value is -0.830. The largest absolute Gasteiger partial charge is 0.445 e. The number of hydrogen-bond donors (Lipinski definition) is 1. The van der Waals surface area contributed by atoms with Gasteiger partial charge in [0, 0.05) is 24.4 Å². The number of rotatable bonds is 4. The van der Waals surface area contributed by atoms with Crippen LogP contribution in [0.3, 0.4) is 0 Å². The van der Waals surface area contributed by atoms with E-state index in [1.165, 1.54) is 32.1 Å². The number of aromatic nitrogens is 1. The van der Waals surface area contributed by atoms with Gasteiger partial charge in [0.1, 0.15) is 5.76 Å². The van der Waals surface area contributed by atoms with Gasteiger partial charge >= 0.3 is 0 Å². The van der Waals surface area contributed by atoms with Crippen LogP contribution < -0.4 is 5.32 Å². The van der Waals surface area contributed by atoms with Gasteiger partial charge in [-0.15, -0.1) is 0 Å². The summed E-state index contributed by atoms with van der Waals surface area (Å²) in [7, 11) is 0. The summed E-state index contributed by atoms with van der Waals surface area (Å²) < 4.78 is 5.89. The van der Waals surface area contributed by atoms with Crippen molar-refractivity contribution in [3.05, 3.63) is 17.8 Å². The van der Waals surface area contributed by atoms with Crippen LogP contribution in [0.15, 0.2) is 10.6 Å². The molecule has 1 aromatic rings. The van der Waals surface area contributed by atoms with Crippen molar-refractivity contribution >= 4 is 0 Å². The molecule has 1 aromatic heterocycles. The van der Waals surface area contributed by atoms with Gasteiger partial charge in [-0.25, -0.2) is 4.98 Å². The van der Waals surface area contributed by atoms with E-state index in [9.17, 15) is 0 Å². The Balaban J connectivity index is 1.82. The molecule has 0 spiro atoms. The summed E-state index contributed by atoms with van der Waals surface area (Å²) in [6.07, 6.45) is 9.43. The van der Waals surface area contributed by atoms with Crippen molar-refractivity contribution in [3.8, 4) is 0 Å². The van der Waals surface area contributed by atoms with Crippen LogP contribution in [0.4, 0.5) is 0 Å². The minimum absolute atomic E-state index is 0.165. The lowest BCUT2D eigenvalue weighted by atomic mass is 9.88. The molecule has 1 fully saturated rings. The molecule has 1 aliphatic carbocycles. The molecule has 0 saturated heterocycles. The monoisotopic (exact) mass is 250 g/mol. The van der Waals surface area contributed by atoms with Crippen molar-refractivity contribution in [2.75, 3.05) is 6.54 Å². The summed E-state index contributed by atoms with van der Waals surface area (Å²) in [6, 6.07) is 0. The molecule has 3 nitrogen and oxygen atoms in total. The first kappa shape index (κ1) is 13.6. The third-order valence-electron chi connectivity index (χ3n) is 3.57. The average Bonchev–Trinajstić information content (AvgIpc) is 2.77. The fourth-order valence-electron chi connectivity index (χ4n) is 2.56. The van der Waals surface area contributed by atoms with Crippen molar-refractivity contribution in [2.24, 2.45) is 0 Å². The molecule has 3 heteroatoms. The molecule has 1 heterocycles. The average molecular weight is 250 g/mol. The lowest BCUT2D eigenvalue weighted by Gasteiger charge is -2.20. The summed E-state index contributed by atoms with van der Waals surface area (Å²) in [5.74, 6) is 2.61. The Morgan fingerprint density at radius 1 is 1.28 bits per heavy atom. The molecule has 1 N–H and O–H groups in total. The molecule has 18 heavy (non-hydrogen) atoms. The number of hydrogen-bond acceptors (Lipinski definition) is 3. The normalized spacial score (nSPS) is 18.2. The van der Waals surface area contributed by atoms with Crippen LogP contribution in [0.2, 0.25) is 0 Å². The van der Waals surface area contributed by atoms with E-state index in [2.05, 4.69) is 31.1 Å². The maximum absolute atomic E-state index is 5.89. The Kier molecular flexibility index (Phi) is 4.44. The van der Waals surface area contributed by atoms with Gasteiger partial charge in [-0.3, -0.25) is 0 Å². The lowest BCUT2D eigenvalue weighted by molar-refractivity contribution is 0.353. The minimum Gasteiger partial charge on any atom is -0.445 e. The molecule has 1 saturated carbocycles. The van der Waals surface area contributed by atoms with Crippen LogP contribution in [0.1, 0.15) is 70.4 Å². The summed E-state index contributed by atoms with van der Waals surface area (Å²) in [5, 5.41) is 3.46. The van der Waals surface area contributed by atoms with E-state index < -0.39 is 0 Å². The van der Waals surface area contributed by atoms with E-state index in [0.29, 0.717) is 5.92 Å². The van der Waals surface area contributed by atoms with Gasteiger partial charge < -0.3 is 9.73 Å². The highest BCUT2D eigenvalue weighted by atomic mass is 16.4. The van der Waals surface area contributed by atoms with E-state index in [1.54, 1.807) is 0 Å². The van der Waals surface area contributed by atoms with Crippen LogP contribution in [0, 0.1) is 0 Å². The standard InChI is InChI=1S/C15H26N2O/c1-15(2,3)17-10-9-14-16-11-13(18-14)12-7-5-4-6-8-12/h11-12,17H,4-10H2,1-3H3. The zero-order valence-electron chi connectivity index (χ0n) is 12.0. The molecule has 2 rings (SSSR count). The highest BCUT2D eigenvalue weighted by Gasteiger charge is 2.19. The summed E-state index contributed by atoms with van der Waals surface area (Å²) in [5.41, 5.74) is 0.165. The SMILES string of the molecule is CC(C)(C)NCCc1ncc(C2CCCCC2)o1. The van der Waals surface area contributed by atoms with Gasteiger partial charge in [0.25, 0.3) is 0 Å². The lowest BCUT2D eigenvalue weighted by Crippen LogP contribution is -2.37. The van der Waals surface area contributed by atoms with Crippen LogP contribution in [-0.2, 0) is 6.42 Å². The summed E-state index contributed by atoms with van der Waals surface area (Å²) >= 11 is 0. The van der Waals surface area contributed by atoms with Crippen LogP contribution in [0.5, 0.6) is 0 Å². The summed E-state index contributed by atoms with van der Waals surface area (Å²) in [6.45, 7) is 7.45. The highest BCUT2D eigenvalue weighted by Crippen LogP contribution is 2.32. The molecule has 0 amide bonds. The van der Waals surface area contributed by atoms with Gasteiger partial charge in [-0.05, 0) is 33.6 Å². The van der Waals surface area contributed by atoms with Crippen molar-refractivity contribution in [2.45, 2.75) is 70.8 Å². The van der Waals surface area contributed by atoms with Crippen molar-refractivity contribution in [1.82, 2.24) is 10.3 Å². The van der Waals surface area contributed by atoms with Gasteiger partial charge in [0.2, 0.25) is 0 Å². The van der Waals surface area contributed by atoms with Crippen molar-refractivity contribution < 1.29 is 4.42 Å². The van der Waals surface area contributed by atoms with E-state index in [-0.39, 0.29) is 5.54 Å². The molecule has 0 atom stereocenters. The van der Waals surface area contributed by atoms with E-state index in [4.69, 9.17) is 4.42 Å². The second-order valence-corrected chi connectivity index (χ2v) is 6.42. The second kappa shape index (κ2) is 5.87. The zero-order valence-corrected chi connectivity index (χ0v) is 12.0. The Morgan fingerprint density at radius 3 is 2.67 bits per heavy atom. The van der Waals surface area contributed by atoms with Crippen molar-refractivity contribution in [3.63, 3.8) is 0 Å². The maximum Gasteiger partial charge on any atom is 0.195 e. The summed E-state index contributed by atoms with van der Waals surface area (Å²) in [4.78, 5) is 4.40. The van der Waals surface area contributed by atoms with Crippen LogP contribution in [0.25, 0.3) is 0 Å². The number of nitrogens with one attached hydrogen (secondary N) is 1.